The lowest BCUT2D eigenvalue weighted by Crippen LogP contribution is -2.24. The van der Waals surface area contributed by atoms with Crippen LogP contribution in [0.15, 0.2) is 24.3 Å². The Balaban J connectivity index is 2.36. The van der Waals surface area contributed by atoms with Crippen molar-refractivity contribution in [1.82, 2.24) is 5.32 Å². The van der Waals surface area contributed by atoms with Gasteiger partial charge in [0.2, 0.25) is 0 Å². The van der Waals surface area contributed by atoms with E-state index >= 15 is 0 Å². The van der Waals surface area contributed by atoms with Gasteiger partial charge in [0.05, 0.1) is 6.54 Å². The predicted molar refractivity (Wildman–Crippen MR) is 72.5 cm³/mol. The fraction of sp³-hybridized carbons (Fsp3) is 0.533. The van der Waals surface area contributed by atoms with Gasteiger partial charge in [-0.25, -0.2) is 0 Å². The lowest BCUT2D eigenvalue weighted by molar-refractivity contribution is 0.0991. The molecule has 1 rings (SSSR count). The molecule has 0 atom stereocenters. The highest BCUT2D eigenvalue weighted by Crippen LogP contribution is 2.05. The molecule has 1 aromatic carbocycles. The Morgan fingerprint density at radius 1 is 1.24 bits per heavy atom. The number of nitrogens with one attached hydrogen (secondary N) is 1. The van der Waals surface area contributed by atoms with E-state index in [9.17, 15) is 4.79 Å². The molecule has 17 heavy (non-hydrogen) atoms. The molecule has 1 aromatic rings. The van der Waals surface area contributed by atoms with Crippen molar-refractivity contribution in [3.8, 4) is 0 Å². The number of carbonyl (C=O) groups is 1. The Morgan fingerprint density at radius 2 is 1.88 bits per heavy atom. The van der Waals surface area contributed by atoms with Crippen LogP contribution in [0.3, 0.4) is 0 Å². The second-order valence-corrected chi connectivity index (χ2v) is 4.83. The van der Waals surface area contributed by atoms with Gasteiger partial charge >= 0.3 is 0 Å². The van der Waals surface area contributed by atoms with Gasteiger partial charge in [0.15, 0.2) is 5.78 Å². The fourth-order valence-corrected chi connectivity index (χ4v) is 1.62. The van der Waals surface area contributed by atoms with Crippen LogP contribution in [-0.4, -0.2) is 18.9 Å². The molecular formula is C15H23NO. The summed E-state index contributed by atoms with van der Waals surface area (Å²) in [5.74, 6) is 0.859. The zero-order valence-electron chi connectivity index (χ0n) is 11.1. The maximum absolute atomic E-state index is 11.8. The average molecular weight is 233 g/mol. The molecule has 0 bridgehead atoms. The highest BCUT2D eigenvalue weighted by Gasteiger charge is 2.04. The molecule has 0 aliphatic heterocycles. The molecule has 2 heteroatoms. The van der Waals surface area contributed by atoms with Crippen LogP contribution in [0.4, 0.5) is 0 Å². The number of hydrogen-bond donors (Lipinski definition) is 1. The fourth-order valence-electron chi connectivity index (χ4n) is 1.62. The summed E-state index contributed by atoms with van der Waals surface area (Å²) in [4.78, 5) is 11.8. The third kappa shape index (κ3) is 5.14. The van der Waals surface area contributed by atoms with Gasteiger partial charge in [-0.2, -0.15) is 0 Å². The first-order valence-electron chi connectivity index (χ1n) is 6.46. The number of ketones is 1. The number of benzene rings is 1. The molecule has 0 spiro atoms. The minimum absolute atomic E-state index is 0.177. The van der Waals surface area contributed by atoms with Gasteiger partial charge in [0, 0.05) is 5.56 Å². The van der Waals surface area contributed by atoms with Crippen LogP contribution in [0.2, 0.25) is 0 Å². The van der Waals surface area contributed by atoms with E-state index in [4.69, 9.17) is 0 Å². The largest absolute Gasteiger partial charge is 0.310 e. The van der Waals surface area contributed by atoms with E-state index in [1.807, 2.05) is 24.3 Å². The van der Waals surface area contributed by atoms with Crippen molar-refractivity contribution in [2.75, 3.05) is 13.1 Å². The highest BCUT2D eigenvalue weighted by atomic mass is 16.1. The summed E-state index contributed by atoms with van der Waals surface area (Å²) in [6.07, 6.45) is 2.13. The second kappa shape index (κ2) is 7.23. The number of Topliss-reactive ketones (excluding diaryl/α,β-unsaturated/α-hetero) is 1. The van der Waals surface area contributed by atoms with Gasteiger partial charge in [-0.3, -0.25) is 4.79 Å². The van der Waals surface area contributed by atoms with Crippen LogP contribution >= 0.6 is 0 Å². The van der Waals surface area contributed by atoms with Crippen molar-refractivity contribution in [1.29, 1.82) is 0 Å². The summed E-state index contributed by atoms with van der Waals surface area (Å²) in [5.41, 5.74) is 2.08. The van der Waals surface area contributed by atoms with E-state index in [0.717, 1.165) is 24.9 Å². The summed E-state index contributed by atoms with van der Waals surface area (Å²) in [7, 11) is 0. The Morgan fingerprint density at radius 3 is 2.41 bits per heavy atom. The molecule has 0 unspecified atom stereocenters. The van der Waals surface area contributed by atoms with Crippen LogP contribution in [0, 0.1) is 5.92 Å². The molecular weight excluding hydrogens is 210 g/mol. The first-order valence-corrected chi connectivity index (χ1v) is 6.46. The Kier molecular flexibility index (Phi) is 5.92. The minimum Gasteiger partial charge on any atom is -0.310 e. The van der Waals surface area contributed by atoms with E-state index in [1.54, 1.807) is 0 Å². The van der Waals surface area contributed by atoms with Crippen molar-refractivity contribution in [2.45, 2.75) is 33.6 Å². The first-order chi connectivity index (χ1) is 8.13. The van der Waals surface area contributed by atoms with Gasteiger partial charge in [-0.05, 0) is 30.9 Å². The van der Waals surface area contributed by atoms with E-state index in [1.165, 1.54) is 5.56 Å². The Bertz CT molecular complexity index is 340. The molecule has 0 fully saturated rings. The normalized spacial score (nSPS) is 10.8. The van der Waals surface area contributed by atoms with Crippen LogP contribution in [0.5, 0.6) is 0 Å². The minimum atomic E-state index is 0.177. The quantitative estimate of drug-likeness (QED) is 0.579. The Labute approximate surface area is 104 Å². The summed E-state index contributed by atoms with van der Waals surface area (Å²) >= 11 is 0. The predicted octanol–water partition coefficient (Wildman–Crippen LogP) is 3.07. The van der Waals surface area contributed by atoms with Gasteiger partial charge in [-0.1, -0.05) is 45.0 Å². The first kappa shape index (κ1) is 13.9. The number of carbonyl (C=O) groups excluding carboxylic acids is 1. The summed E-state index contributed by atoms with van der Waals surface area (Å²) in [5, 5.41) is 3.19. The van der Waals surface area contributed by atoms with Crippen LogP contribution in [0.25, 0.3) is 0 Å². The number of rotatable bonds is 7. The lowest BCUT2D eigenvalue weighted by atomic mass is 10.1. The molecule has 0 saturated carbocycles. The van der Waals surface area contributed by atoms with Gasteiger partial charge in [0.25, 0.3) is 0 Å². The number of aryl methyl sites for hydroxylation is 1. The van der Waals surface area contributed by atoms with Gasteiger partial charge < -0.3 is 5.32 Å². The summed E-state index contributed by atoms with van der Waals surface area (Å²) < 4.78 is 0. The van der Waals surface area contributed by atoms with Gasteiger partial charge in [0.1, 0.15) is 0 Å². The second-order valence-electron chi connectivity index (χ2n) is 4.83. The third-order valence-electron chi connectivity index (χ3n) is 2.87. The Hall–Kier alpha value is -1.15. The van der Waals surface area contributed by atoms with E-state index in [0.29, 0.717) is 12.5 Å². The van der Waals surface area contributed by atoms with Crippen molar-refractivity contribution in [3.05, 3.63) is 35.4 Å². The molecule has 94 valence electrons. The lowest BCUT2D eigenvalue weighted by Gasteiger charge is -2.06. The molecule has 0 aliphatic carbocycles. The molecule has 0 saturated heterocycles. The van der Waals surface area contributed by atoms with Crippen LogP contribution in [-0.2, 0) is 6.42 Å². The van der Waals surface area contributed by atoms with Crippen LogP contribution in [0.1, 0.15) is 43.1 Å². The third-order valence-corrected chi connectivity index (χ3v) is 2.87. The zero-order chi connectivity index (χ0) is 12.7. The SMILES string of the molecule is CCc1ccc(C(=O)CNCCC(C)C)cc1. The standard InChI is InChI=1S/C15H23NO/c1-4-13-5-7-14(8-6-13)15(17)11-16-10-9-12(2)3/h5-8,12,16H,4,9-11H2,1-3H3. The maximum atomic E-state index is 11.8. The van der Waals surface area contributed by atoms with E-state index < -0.39 is 0 Å². The topological polar surface area (TPSA) is 29.1 Å². The summed E-state index contributed by atoms with van der Waals surface area (Å²) in [6, 6.07) is 7.90. The van der Waals surface area contributed by atoms with E-state index in [2.05, 4.69) is 26.1 Å². The van der Waals surface area contributed by atoms with Crippen LogP contribution < -0.4 is 5.32 Å². The summed E-state index contributed by atoms with van der Waals surface area (Å²) in [6.45, 7) is 7.85. The molecule has 1 N–H and O–H groups in total. The average Bonchev–Trinajstić information content (AvgIpc) is 2.34. The van der Waals surface area contributed by atoms with Crippen molar-refractivity contribution in [2.24, 2.45) is 5.92 Å². The smallest absolute Gasteiger partial charge is 0.176 e. The van der Waals surface area contributed by atoms with Crippen molar-refractivity contribution in [3.63, 3.8) is 0 Å². The molecule has 0 heterocycles. The van der Waals surface area contributed by atoms with Gasteiger partial charge in [-0.15, -0.1) is 0 Å². The van der Waals surface area contributed by atoms with E-state index in [-0.39, 0.29) is 5.78 Å². The molecule has 0 amide bonds. The maximum Gasteiger partial charge on any atom is 0.176 e. The molecule has 0 aromatic heterocycles. The molecule has 0 radical (unpaired) electrons. The molecule has 0 aliphatic rings. The highest BCUT2D eigenvalue weighted by molar-refractivity contribution is 5.97. The number of hydrogen-bond acceptors (Lipinski definition) is 2. The van der Waals surface area contributed by atoms with Crippen molar-refractivity contribution < 1.29 is 4.79 Å². The molecule has 2 nitrogen and oxygen atoms in total. The zero-order valence-corrected chi connectivity index (χ0v) is 11.1. The van der Waals surface area contributed by atoms with Crippen molar-refractivity contribution >= 4 is 5.78 Å². The monoisotopic (exact) mass is 233 g/mol.